The van der Waals surface area contributed by atoms with Crippen LogP contribution in [-0.4, -0.2) is 20.1 Å². The summed E-state index contributed by atoms with van der Waals surface area (Å²) in [6.45, 7) is 2.58. The van der Waals surface area contributed by atoms with Gasteiger partial charge in [-0.05, 0) is 30.2 Å². The predicted molar refractivity (Wildman–Crippen MR) is 86.3 cm³/mol. The third kappa shape index (κ3) is 4.25. The number of ether oxygens (including phenoxy) is 2. The van der Waals surface area contributed by atoms with Crippen LogP contribution in [0.1, 0.15) is 16.7 Å². The highest BCUT2D eigenvalue weighted by molar-refractivity contribution is 5.78. The zero-order chi connectivity index (χ0) is 15.9. The molecule has 2 aromatic rings. The minimum atomic E-state index is -0.0206. The lowest BCUT2D eigenvalue weighted by Gasteiger charge is -2.10. The highest BCUT2D eigenvalue weighted by atomic mass is 16.5. The number of methoxy groups -OCH3 is 2. The van der Waals surface area contributed by atoms with Crippen molar-refractivity contribution in [2.24, 2.45) is 0 Å². The van der Waals surface area contributed by atoms with Crippen LogP contribution in [0.4, 0.5) is 0 Å². The fourth-order valence-electron chi connectivity index (χ4n) is 2.15. The molecule has 4 heteroatoms. The fourth-order valence-corrected chi connectivity index (χ4v) is 2.15. The molecule has 0 atom stereocenters. The van der Waals surface area contributed by atoms with E-state index < -0.39 is 0 Å². The molecule has 116 valence electrons. The van der Waals surface area contributed by atoms with Crippen molar-refractivity contribution in [1.82, 2.24) is 5.32 Å². The third-order valence-electron chi connectivity index (χ3n) is 3.42. The summed E-state index contributed by atoms with van der Waals surface area (Å²) in [7, 11) is 3.17. The topological polar surface area (TPSA) is 47.6 Å². The van der Waals surface area contributed by atoms with E-state index in [1.54, 1.807) is 20.3 Å². The molecule has 22 heavy (non-hydrogen) atoms. The Balaban J connectivity index is 1.93. The number of benzene rings is 2. The number of rotatable bonds is 6. The Labute approximate surface area is 131 Å². The Bertz CT molecular complexity index is 635. The van der Waals surface area contributed by atoms with E-state index in [1.165, 1.54) is 5.56 Å². The molecule has 1 N–H and O–H groups in total. The molecule has 0 unspecified atom stereocenters. The highest BCUT2D eigenvalue weighted by Crippen LogP contribution is 2.27. The van der Waals surface area contributed by atoms with Gasteiger partial charge in [0.25, 0.3) is 0 Å². The molecule has 1 amide bonds. The average Bonchev–Trinajstić information content (AvgIpc) is 2.54. The average molecular weight is 299 g/mol. The molecule has 0 spiro atoms. The Kier molecular flexibility index (Phi) is 5.42. The molecule has 4 nitrogen and oxygen atoms in total. The van der Waals surface area contributed by atoms with Crippen LogP contribution < -0.4 is 14.8 Å². The molecule has 0 aliphatic carbocycles. The van der Waals surface area contributed by atoms with Crippen LogP contribution in [0.25, 0.3) is 0 Å². The van der Waals surface area contributed by atoms with Gasteiger partial charge in [0.05, 0.1) is 20.6 Å². The minimum Gasteiger partial charge on any atom is -0.493 e. The Morgan fingerprint density at radius 3 is 2.23 bits per heavy atom. The molecule has 0 saturated carbocycles. The largest absolute Gasteiger partial charge is 0.493 e. The number of hydrogen-bond donors (Lipinski definition) is 1. The molecule has 0 aliphatic rings. The summed E-state index contributed by atoms with van der Waals surface area (Å²) in [5.41, 5.74) is 3.19. The lowest BCUT2D eigenvalue weighted by atomic mass is 10.1. The van der Waals surface area contributed by atoms with E-state index in [0.717, 1.165) is 11.1 Å². The van der Waals surface area contributed by atoms with Gasteiger partial charge < -0.3 is 14.8 Å². The highest BCUT2D eigenvalue weighted by Gasteiger charge is 2.08. The molecule has 0 fully saturated rings. The first kappa shape index (κ1) is 15.9. The van der Waals surface area contributed by atoms with Crippen molar-refractivity contribution >= 4 is 5.91 Å². The number of carbonyl (C=O) groups excluding carboxylic acids is 1. The summed E-state index contributed by atoms with van der Waals surface area (Å²) in [5, 5.41) is 2.92. The van der Waals surface area contributed by atoms with E-state index in [1.807, 2.05) is 43.3 Å². The summed E-state index contributed by atoms with van der Waals surface area (Å²) in [6, 6.07) is 13.6. The molecule has 0 aromatic heterocycles. The van der Waals surface area contributed by atoms with E-state index in [9.17, 15) is 4.79 Å². The lowest BCUT2D eigenvalue weighted by molar-refractivity contribution is -0.120. The normalized spacial score (nSPS) is 10.1. The SMILES string of the molecule is COc1ccc(CC(=O)NCc2ccc(C)cc2)cc1OC. The fraction of sp³-hybridized carbons (Fsp3) is 0.278. The van der Waals surface area contributed by atoms with Crippen molar-refractivity contribution < 1.29 is 14.3 Å². The second kappa shape index (κ2) is 7.50. The first-order chi connectivity index (χ1) is 10.6. The minimum absolute atomic E-state index is 0.0206. The Morgan fingerprint density at radius 2 is 1.59 bits per heavy atom. The summed E-state index contributed by atoms with van der Waals surface area (Å²) in [6.07, 6.45) is 0.312. The standard InChI is InChI=1S/C18H21NO3/c1-13-4-6-14(7-5-13)12-19-18(20)11-15-8-9-16(21-2)17(10-15)22-3/h4-10H,11-12H2,1-3H3,(H,19,20). The molecule has 2 rings (SSSR count). The maximum Gasteiger partial charge on any atom is 0.224 e. The van der Waals surface area contributed by atoms with Gasteiger partial charge in [-0.3, -0.25) is 4.79 Å². The molecule has 0 heterocycles. The van der Waals surface area contributed by atoms with Crippen LogP contribution in [0.5, 0.6) is 11.5 Å². The van der Waals surface area contributed by atoms with Gasteiger partial charge in [0.15, 0.2) is 11.5 Å². The molecule has 0 aliphatic heterocycles. The van der Waals surface area contributed by atoms with E-state index in [4.69, 9.17) is 9.47 Å². The molecule has 0 saturated heterocycles. The number of hydrogen-bond acceptors (Lipinski definition) is 3. The third-order valence-corrected chi connectivity index (χ3v) is 3.42. The van der Waals surface area contributed by atoms with Crippen LogP contribution in [0.15, 0.2) is 42.5 Å². The zero-order valence-electron chi connectivity index (χ0n) is 13.2. The van der Waals surface area contributed by atoms with Crippen LogP contribution >= 0.6 is 0 Å². The van der Waals surface area contributed by atoms with Crippen molar-refractivity contribution in [1.29, 1.82) is 0 Å². The zero-order valence-corrected chi connectivity index (χ0v) is 13.2. The Hall–Kier alpha value is -2.49. The molecule has 0 bridgehead atoms. The second-order valence-corrected chi connectivity index (χ2v) is 5.13. The van der Waals surface area contributed by atoms with Crippen molar-refractivity contribution in [3.8, 4) is 11.5 Å². The molecule has 0 radical (unpaired) electrons. The van der Waals surface area contributed by atoms with Crippen molar-refractivity contribution in [3.63, 3.8) is 0 Å². The van der Waals surface area contributed by atoms with E-state index in [0.29, 0.717) is 24.5 Å². The van der Waals surface area contributed by atoms with Gasteiger partial charge in [-0.25, -0.2) is 0 Å². The van der Waals surface area contributed by atoms with Gasteiger partial charge in [-0.2, -0.15) is 0 Å². The van der Waals surface area contributed by atoms with Crippen LogP contribution in [-0.2, 0) is 17.8 Å². The molecular formula is C18H21NO3. The van der Waals surface area contributed by atoms with E-state index in [-0.39, 0.29) is 5.91 Å². The number of aryl methyl sites for hydroxylation is 1. The van der Waals surface area contributed by atoms with Crippen molar-refractivity contribution in [2.75, 3.05) is 14.2 Å². The van der Waals surface area contributed by atoms with Crippen LogP contribution in [0.2, 0.25) is 0 Å². The lowest BCUT2D eigenvalue weighted by Crippen LogP contribution is -2.24. The van der Waals surface area contributed by atoms with Gasteiger partial charge in [0, 0.05) is 6.54 Å². The van der Waals surface area contributed by atoms with Gasteiger partial charge in [0.1, 0.15) is 0 Å². The van der Waals surface area contributed by atoms with Gasteiger partial charge >= 0.3 is 0 Å². The molecular weight excluding hydrogens is 278 g/mol. The van der Waals surface area contributed by atoms with Gasteiger partial charge in [0.2, 0.25) is 5.91 Å². The quantitative estimate of drug-likeness (QED) is 0.892. The van der Waals surface area contributed by atoms with Crippen molar-refractivity contribution in [2.45, 2.75) is 19.9 Å². The first-order valence-electron chi connectivity index (χ1n) is 7.15. The number of nitrogens with one attached hydrogen (secondary N) is 1. The smallest absolute Gasteiger partial charge is 0.224 e. The predicted octanol–water partition coefficient (Wildman–Crippen LogP) is 2.87. The van der Waals surface area contributed by atoms with Crippen molar-refractivity contribution in [3.05, 3.63) is 59.2 Å². The first-order valence-corrected chi connectivity index (χ1v) is 7.15. The maximum atomic E-state index is 12.0. The number of amides is 1. The summed E-state index contributed by atoms with van der Waals surface area (Å²) >= 11 is 0. The summed E-state index contributed by atoms with van der Waals surface area (Å²) < 4.78 is 10.4. The van der Waals surface area contributed by atoms with E-state index in [2.05, 4.69) is 5.32 Å². The Morgan fingerprint density at radius 1 is 0.955 bits per heavy atom. The van der Waals surface area contributed by atoms with E-state index >= 15 is 0 Å². The molecule has 2 aromatic carbocycles. The monoisotopic (exact) mass is 299 g/mol. The van der Waals surface area contributed by atoms with Crippen LogP contribution in [0.3, 0.4) is 0 Å². The maximum absolute atomic E-state index is 12.0. The number of carbonyl (C=O) groups is 1. The second-order valence-electron chi connectivity index (χ2n) is 5.13. The van der Waals surface area contributed by atoms with Crippen LogP contribution in [0, 0.1) is 6.92 Å². The summed E-state index contributed by atoms with van der Waals surface area (Å²) in [4.78, 5) is 12.0. The van der Waals surface area contributed by atoms with Gasteiger partial charge in [-0.15, -0.1) is 0 Å². The van der Waals surface area contributed by atoms with Gasteiger partial charge in [-0.1, -0.05) is 35.9 Å². The summed E-state index contributed by atoms with van der Waals surface area (Å²) in [5.74, 6) is 1.27.